The highest BCUT2D eigenvalue weighted by Gasteiger charge is 2.53. The number of ketones is 1. The van der Waals surface area contributed by atoms with Gasteiger partial charge in [0, 0.05) is 34.9 Å². The number of alkyl halides is 1. The fourth-order valence-corrected chi connectivity index (χ4v) is 6.67. The lowest BCUT2D eigenvalue weighted by atomic mass is 9.89. The molecule has 244 valence electrons. The van der Waals surface area contributed by atoms with Crippen LogP contribution in [0.15, 0.2) is 48.5 Å². The minimum absolute atomic E-state index is 0.0472. The number of H-pyrrole nitrogens is 1. The first-order valence-corrected chi connectivity index (χ1v) is 15.6. The summed E-state index contributed by atoms with van der Waals surface area (Å²) in [7, 11) is 5.66. The first-order chi connectivity index (χ1) is 22.6. The number of nitrogens with zero attached hydrogens (tertiary/aromatic N) is 1. The number of Topliss-reactive ketones (excluding diaryl/α,β-unsaturated/α-hetero) is 1. The first kappa shape index (κ1) is 31.7. The molecule has 6 rings (SSSR count). The van der Waals surface area contributed by atoms with Gasteiger partial charge in [0.2, 0.25) is 11.5 Å². The molecule has 0 aliphatic carbocycles. The molecular formula is C33H31BrN4O9. The average molecular weight is 708 g/mol. The van der Waals surface area contributed by atoms with E-state index >= 15 is 0 Å². The highest BCUT2D eigenvalue weighted by molar-refractivity contribution is 9.09. The number of fused-ring (bicyclic) bond motifs is 4. The molecule has 3 N–H and O–H groups in total. The number of benzene rings is 3. The van der Waals surface area contributed by atoms with Gasteiger partial charge in [-0.05, 0) is 36.8 Å². The monoisotopic (exact) mass is 706 g/mol. The van der Waals surface area contributed by atoms with Gasteiger partial charge in [-0.2, -0.15) is 0 Å². The Balaban J connectivity index is 1.47. The summed E-state index contributed by atoms with van der Waals surface area (Å²) in [5.74, 6) is -1.05. The van der Waals surface area contributed by atoms with Crippen LogP contribution in [0.25, 0.3) is 10.9 Å². The molecule has 2 aliphatic heterocycles. The van der Waals surface area contributed by atoms with Crippen molar-refractivity contribution in [2.24, 2.45) is 0 Å². The van der Waals surface area contributed by atoms with Crippen LogP contribution in [0.1, 0.15) is 39.3 Å². The van der Waals surface area contributed by atoms with Crippen LogP contribution in [0.5, 0.6) is 23.0 Å². The van der Waals surface area contributed by atoms with E-state index in [4.69, 9.17) is 23.7 Å². The molecule has 0 saturated heterocycles. The Bertz CT molecular complexity index is 1940. The zero-order chi connectivity index (χ0) is 33.6. The van der Waals surface area contributed by atoms with E-state index in [0.29, 0.717) is 50.4 Å². The number of amides is 2. The number of carbonyl (C=O) groups is 4. The van der Waals surface area contributed by atoms with Gasteiger partial charge in [-0.1, -0.05) is 34.1 Å². The van der Waals surface area contributed by atoms with Crippen molar-refractivity contribution in [1.29, 1.82) is 0 Å². The molecule has 3 aromatic carbocycles. The first-order valence-electron chi connectivity index (χ1n) is 14.5. The highest BCUT2D eigenvalue weighted by Crippen LogP contribution is 2.52. The second kappa shape index (κ2) is 12.2. The van der Waals surface area contributed by atoms with Gasteiger partial charge in [0.1, 0.15) is 5.69 Å². The molecule has 0 fully saturated rings. The van der Waals surface area contributed by atoms with Crippen molar-refractivity contribution >= 4 is 67.6 Å². The van der Waals surface area contributed by atoms with Gasteiger partial charge in [-0.15, -0.1) is 0 Å². The van der Waals surface area contributed by atoms with E-state index in [1.54, 1.807) is 42.5 Å². The van der Waals surface area contributed by atoms with Crippen LogP contribution >= 0.6 is 15.9 Å². The maximum absolute atomic E-state index is 14.3. The number of hydrogen-bond acceptors (Lipinski definition) is 10. The Morgan fingerprint density at radius 2 is 1.72 bits per heavy atom. The fraction of sp³-hybridized carbons (Fsp3) is 0.273. The van der Waals surface area contributed by atoms with Crippen LogP contribution in [-0.2, 0) is 9.53 Å². The Hall–Kier alpha value is -5.24. The molecule has 1 aromatic heterocycles. The smallest absolute Gasteiger partial charge is 0.417 e. The van der Waals surface area contributed by atoms with Crippen molar-refractivity contribution < 1.29 is 42.9 Å². The number of aromatic nitrogens is 1. The SMILES string of the molecule is COC(=O)[C@]1(C)Nc2c(OC(=O)Nc3ccccc3)cc3c(c2C1=O)[C@H](CBr)CN3C(=O)c1cc2cc(OC)c(OC)c(OC)c2[nH]1. The molecule has 0 unspecified atom stereocenters. The molecule has 0 spiro atoms. The minimum atomic E-state index is -1.79. The maximum atomic E-state index is 14.3. The van der Waals surface area contributed by atoms with Crippen molar-refractivity contribution in [3.63, 3.8) is 0 Å². The molecule has 3 heterocycles. The van der Waals surface area contributed by atoms with Gasteiger partial charge in [-0.3, -0.25) is 14.9 Å². The van der Waals surface area contributed by atoms with Crippen LogP contribution in [-0.4, -0.2) is 74.6 Å². The number of hydrogen-bond donors (Lipinski definition) is 3. The second-order valence-corrected chi connectivity index (χ2v) is 11.7. The maximum Gasteiger partial charge on any atom is 0.417 e. The third kappa shape index (κ3) is 5.08. The van der Waals surface area contributed by atoms with Gasteiger partial charge in [0.05, 0.1) is 50.9 Å². The summed E-state index contributed by atoms with van der Waals surface area (Å²) in [4.78, 5) is 58.9. The molecule has 13 nitrogen and oxygen atoms in total. The molecule has 14 heteroatoms. The number of ether oxygens (including phenoxy) is 5. The summed E-state index contributed by atoms with van der Waals surface area (Å²) < 4.78 is 27.3. The van der Waals surface area contributed by atoms with E-state index in [1.807, 2.05) is 0 Å². The van der Waals surface area contributed by atoms with E-state index in [-0.39, 0.29) is 35.2 Å². The zero-order valence-corrected chi connectivity index (χ0v) is 27.7. The minimum Gasteiger partial charge on any atom is -0.493 e. The Kier molecular flexibility index (Phi) is 8.22. The molecular weight excluding hydrogens is 676 g/mol. The van der Waals surface area contributed by atoms with E-state index in [9.17, 15) is 19.2 Å². The molecule has 0 saturated carbocycles. The Morgan fingerprint density at radius 1 is 1.00 bits per heavy atom. The van der Waals surface area contributed by atoms with Crippen molar-refractivity contribution in [3.05, 3.63) is 65.4 Å². The topological polar surface area (TPSA) is 158 Å². The molecule has 0 bridgehead atoms. The summed E-state index contributed by atoms with van der Waals surface area (Å²) >= 11 is 3.54. The van der Waals surface area contributed by atoms with Crippen molar-refractivity contribution in [2.75, 3.05) is 55.8 Å². The number of methoxy groups -OCH3 is 4. The molecule has 0 radical (unpaired) electrons. The van der Waals surface area contributed by atoms with Crippen LogP contribution in [0.4, 0.5) is 21.9 Å². The second-order valence-electron chi connectivity index (χ2n) is 11.1. The van der Waals surface area contributed by atoms with Gasteiger partial charge in [0.15, 0.2) is 22.8 Å². The van der Waals surface area contributed by atoms with Crippen molar-refractivity contribution in [1.82, 2.24) is 4.98 Å². The zero-order valence-electron chi connectivity index (χ0n) is 26.1. The quantitative estimate of drug-likeness (QED) is 0.122. The highest BCUT2D eigenvalue weighted by atomic mass is 79.9. The number of aromatic amines is 1. The van der Waals surface area contributed by atoms with Gasteiger partial charge >= 0.3 is 12.1 Å². The lowest BCUT2D eigenvalue weighted by Crippen LogP contribution is -2.47. The standard InChI is InChI=1S/C33H31BrN4O9/c1-33(31(41)46-5)29(39)24-23-17(14-34)15-38(20(23)13-21(26(24)37-33)47-32(42)35-18-9-7-6-8-10-18)30(40)19-11-16-12-22(43-2)27(44-3)28(45-4)25(16)36-19/h6-13,17,36-37H,14-15H2,1-5H3,(H,35,42)/t17-,33-/m1/s1. The molecule has 4 aromatic rings. The summed E-state index contributed by atoms with van der Waals surface area (Å²) in [5, 5.41) is 6.64. The van der Waals surface area contributed by atoms with Crippen molar-refractivity contribution in [3.8, 4) is 23.0 Å². The largest absolute Gasteiger partial charge is 0.493 e. The molecule has 2 atom stereocenters. The number of para-hydroxylation sites is 1. The van der Waals surface area contributed by atoms with Crippen LogP contribution in [0.2, 0.25) is 0 Å². The van der Waals surface area contributed by atoms with E-state index < -0.39 is 29.3 Å². The number of rotatable bonds is 8. The summed E-state index contributed by atoms with van der Waals surface area (Å²) in [5.41, 5.74) is 0.619. The number of halogens is 1. The lowest BCUT2D eigenvalue weighted by molar-refractivity contribution is -0.143. The van der Waals surface area contributed by atoms with Gasteiger partial charge < -0.3 is 38.9 Å². The predicted molar refractivity (Wildman–Crippen MR) is 177 cm³/mol. The van der Waals surface area contributed by atoms with E-state index in [2.05, 4.69) is 31.5 Å². The predicted octanol–water partition coefficient (Wildman–Crippen LogP) is 5.48. The fourth-order valence-electron chi connectivity index (χ4n) is 6.14. The lowest BCUT2D eigenvalue weighted by Gasteiger charge is -2.20. The normalized spacial score (nSPS) is 17.9. The Labute approximate surface area is 277 Å². The van der Waals surface area contributed by atoms with Crippen molar-refractivity contribution in [2.45, 2.75) is 18.4 Å². The van der Waals surface area contributed by atoms with Crippen LogP contribution in [0, 0.1) is 0 Å². The van der Waals surface area contributed by atoms with Gasteiger partial charge in [0.25, 0.3) is 5.91 Å². The summed E-state index contributed by atoms with van der Waals surface area (Å²) in [6.45, 7) is 1.59. The average Bonchev–Trinajstić information content (AvgIpc) is 3.75. The molecule has 2 amide bonds. The van der Waals surface area contributed by atoms with Crippen LogP contribution in [0.3, 0.4) is 0 Å². The number of anilines is 3. The van der Waals surface area contributed by atoms with Gasteiger partial charge in [-0.25, -0.2) is 9.59 Å². The molecule has 2 aliphatic rings. The van der Waals surface area contributed by atoms with Crippen LogP contribution < -0.4 is 34.5 Å². The van der Waals surface area contributed by atoms with E-state index in [0.717, 1.165) is 0 Å². The molecule has 47 heavy (non-hydrogen) atoms. The third-order valence-corrected chi connectivity index (χ3v) is 9.15. The third-order valence-electron chi connectivity index (χ3n) is 8.37. The summed E-state index contributed by atoms with van der Waals surface area (Å²) in [6, 6.07) is 13.6. The van der Waals surface area contributed by atoms with E-state index in [1.165, 1.54) is 46.3 Å². The Morgan fingerprint density at radius 3 is 2.36 bits per heavy atom. The summed E-state index contributed by atoms with van der Waals surface area (Å²) in [6.07, 6.45) is -0.835. The number of carbonyl (C=O) groups excluding carboxylic acids is 4. The number of esters is 1. The number of nitrogens with one attached hydrogen (secondary N) is 3.